The number of aromatic nitrogens is 3. The fraction of sp³-hybridized carbons (Fsp3) is 0.429. The molecule has 1 aromatic carbocycles. The van der Waals surface area contributed by atoms with Gasteiger partial charge in [-0.2, -0.15) is 5.10 Å². The molecule has 1 aliphatic carbocycles. The second-order valence-electron chi connectivity index (χ2n) is 7.22. The minimum atomic E-state index is 0.385. The van der Waals surface area contributed by atoms with Gasteiger partial charge in [-0.25, -0.2) is 4.98 Å². The molecule has 0 spiro atoms. The SMILES string of the molecule is Cc1cccc(CCOC2CCC(Nc3nccc4[nH]ncc34)CC2)c1. The van der Waals surface area contributed by atoms with E-state index in [0.717, 1.165) is 55.4 Å². The fourth-order valence-electron chi connectivity index (χ4n) is 3.76. The number of aryl methyl sites for hydroxylation is 1. The van der Waals surface area contributed by atoms with E-state index >= 15 is 0 Å². The van der Waals surface area contributed by atoms with Crippen molar-refractivity contribution in [3.8, 4) is 0 Å². The maximum Gasteiger partial charge on any atom is 0.137 e. The Labute approximate surface area is 154 Å². The Morgan fingerprint density at radius 3 is 2.92 bits per heavy atom. The normalized spacial score (nSPS) is 20.3. The molecule has 2 N–H and O–H groups in total. The van der Waals surface area contributed by atoms with Gasteiger partial charge in [-0.3, -0.25) is 5.10 Å². The van der Waals surface area contributed by atoms with Crippen molar-refractivity contribution in [3.05, 3.63) is 53.9 Å². The van der Waals surface area contributed by atoms with Crippen LogP contribution < -0.4 is 5.32 Å². The molecule has 5 heteroatoms. The summed E-state index contributed by atoms with van der Waals surface area (Å²) in [6.45, 7) is 2.94. The number of hydrogen-bond acceptors (Lipinski definition) is 4. The summed E-state index contributed by atoms with van der Waals surface area (Å²) in [5.41, 5.74) is 3.70. The molecule has 3 aromatic rings. The van der Waals surface area contributed by atoms with Crippen LogP contribution >= 0.6 is 0 Å². The summed E-state index contributed by atoms with van der Waals surface area (Å²) >= 11 is 0. The van der Waals surface area contributed by atoms with Gasteiger partial charge in [0.15, 0.2) is 0 Å². The van der Waals surface area contributed by atoms with Crippen LogP contribution in [0.25, 0.3) is 10.9 Å². The highest BCUT2D eigenvalue weighted by Crippen LogP contribution is 2.26. The first-order valence-corrected chi connectivity index (χ1v) is 9.50. The molecule has 0 radical (unpaired) electrons. The smallest absolute Gasteiger partial charge is 0.137 e. The maximum absolute atomic E-state index is 6.12. The van der Waals surface area contributed by atoms with Gasteiger partial charge in [-0.05, 0) is 50.7 Å². The molecule has 4 rings (SSSR count). The van der Waals surface area contributed by atoms with E-state index in [1.54, 1.807) is 0 Å². The van der Waals surface area contributed by atoms with Gasteiger partial charge in [0.05, 0.1) is 29.8 Å². The van der Waals surface area contributed by atoms with Crippen LogP contribution in [-0.4, -0.2) is 33.9 Å². The van der Waals surface area contributed by atoms with Gasteiger partial charge in [0.2, 0.25) is 0 Å². The molecule has 1 aliphatic rings. The van der Waals surface area contributed by atoms with Crippen LogP contribution in [0.3, 0.4) is 0 Å². The summed E-state index contributed by atoms with van der Waals surface area (Å²) in [7, 11) is 0. The van der Waals surface area contributed by atoms with Crippen molar-refractivity contribution in [1.82, 2.24) is 15.2 Å². The summed E-state index contributed by atoms with van der Waals surface area (Å²) in [5, 5.41) is 11.8. The lowest BCUT2D eigenvalue weighted by Gasteiger charge is -2.29. The molecule has 26 heavy (non-hydrogen) atoms. The zero-order valence-electron chi connectivity index (χ0n) is 15.2. The Balaban J connectivity index is 1.23. The molecule has 1 saturated carbocycles. The van der Waals surface area contributed by atoms with E-state index < -0.39 is 0 Å². The summed E-state index contributed by atoms with van der Waals surface area (Å²) in [5.74, 6) is 0.931. The number of hydrogen-bond donors (Lipinski definition) is 2. The average Bonchev–Trinajstić information content (AvgIpc) is 3.13. The van der Waals surface area contributed by atoms with Crippen molar-refractivity contribution < 1.29 is 4.74 Å². The highest BCUT2D eigenvalue weighted by molar-refractivity contribution is 5.88. The molecule has 2 aromatic heterocycles. The van der Waals surface area contributed by atoms with E-state index in [1.807, 2.05) is 18.5 Å². The van der Waals surface area contributed by atoms with Crippen molar-refractivity contribution in [3.63, 3.8) is 0 Å². The Hall–Kier alpha value is -2.40. The molecule has 0 saturated heterocycles. The number of rotatable bonds is 6. The molecule has 2 heterocycles. The molecule has 0 amide bonds. The van der Waals surface area contributed by atoms with E-state index in [2.05, 4.69) is 51.7 Å². The zero-order valence-corrected chi connectivity index (χ0v) is 15.2. The first-order valence-electron chi connectivity index (χ1n) is 9.50. The molecule has 0 atom stereocenters. The van der Waals surface area contributed by atoms with Gasteiger partial charge >= 0.3 is 0 Å². The van der Waals surface area contributed by atoms with Crippen molar-refractivity contribution >= 4 is 16.7 Å². The van der Waals surface area contributed by atoms with Gasteiger partial charge in [0.1, 0.15) is 5.82 Å². The highest BCUT2D eigenvalue weighted by atomic mass is 16.5. The lowest BCUT2D eigenvalue weighted by Crippen LogP contribution is -2.30. The number of ether oxygens (including phenoxy) is 1. The number of pyridine rings is 1. The summed E-state index contributed by atoms with van der Waals surface area (Å²) in [6.07, 6.45) is 9.48. The standard InChI is InChI=1S/C21H26N4O/c1-15-3-2-4-16(13-15)10-12-26-18-7-5-17(6-8-18)24-21-19-14-23-25-20(19)9-11-22-21/h2-4,9,11,13-14,17-18H,5-8,10,12H2,1H3,(H,22,24)(H,23,25). The number of H-pyrrole nitrogens is 1. The third-order valence-electron chi connectivity index (χ3n) is 5.21. The Morgan fingerprint density at radius 2 is 2.08 bits per heavy atom. The monoisotopic (exact) mass is 350 g/mol. The maximum atomic E-state index is 6.12. The van der Waals surface area contributed by atoms with E-state index in [9.17, 15) is 0 Å². The van der Waals surface area contributed by atoms with E-state index in [-0.39, 0.29) is 0 Å². The molecule has 0 bridgehead atoms. The second kappa shape index (κ2) is 7.87. The minimum Gasteiger partial charge on any atom is -0.378 e. The number of anilines is 1. The quantitative estimate of drug-likeness (QED) is 0.698. The fourth-order valence-corrected chi connectivity index (χ4v) is 3.76. The van der Waals surface area contributed by atoms with Crippen LogP contribution in [-0.2, 0) is 11.2 Å². The number of nitrogens with one attached hydrogen (secondary N) is 2. The predicted octanol–water partition coefficient (Wildman–Crippen LogP) is 4.25. The number of fused-ring (bicyclic) bond motifs is 1. The van der Waals surface area contributed by atoms with Crippen molar-refractivity contribution in [2.24, 2.45) is 0 Å². The Kier molecular flexibility index (Phi) is 5.16. The Bertz CT molecular complexity index is 852. The van der Waals surface area contributed by atoms with Crippen molar-refractivity contribution in [2.45, 2.75) is 51.2 Å². The molecule has 136 valence electrons. The predicted molar refractivity (Wildman–Crippen MR) is 104 cm³/mol. The van der Waals surface area contributed by atoms with Gasteiger partial charge in [-0.15, -0.1) is 0 Å². The van der Waals surface area contributed by atoms with Crippen molar-refractivity contribution in [1.29, 1.82) is 0 Å². The highest BCUT2D eigenvalue weighted by Gasteiger charge is 2.22. The molecular weight excluding hydrogens is 324 g/mol. The first-order chi connectivity index (χ1) is 12.8. The second-order valence-corrected chi connectivity index (χ2v) is 7.22. The van der Waals surface area contributed by atoms with Gasteiger partial charge in [0.25, 0.3) is 0 Å². The molecular formula is C21H26N4O. The van der Waals surface area contributed by atoms with Crippen LogP contribution in [0, 0.1) is 6.92 Å². The van der Waals surface area contributed by atoms with Gasteiger partial charge in [0, 0.05) is 12.2 Å². The third kappa shape index (κ3) is 4.05. The van der Waals surface area contributed by atoms with Crippen LogP contribution in [0.4, 0.5) is 5.82 Å². The molecule has 1 fully saturated rings. The number of aromatic amines is 1. The van der Waals surface area contributed by atoms with Crippen molar-refractivity contribution in [2.75, 3.05) is 11.9 Å². The summed E-state index contributed by atoms with van der Waals surface area (Å²) < 4.78 is 6.12. The van der Waals surface area contributed by atoms with Gasteiger partial charge < -0.3 is 10.1 Å². The molecule has 0 unspecified atom stereocenters. The number of nitrogens with zero attached hydrogens (tertiary/aromatic N) is 2. The zero-order chi connectivity index (χ0) is 17.8. The number of benzene rings is 1. The lowest BCUT2D eigenvalue weighted by molar-refractivity contribution is 0.0282. The third-order valence-corrected chi connectivity index (χ3v) is 5.21. The summed E-state index contributed by atoms with van der Waals surface area (Å²) in [6, 6.07) is 11.1. The van der Waals surface area contributed by atoms with Gasteiger partial charge in [-0.1, -0.05) is 29.8 Å². The molecule has 0 aliphatic heterocycles. The van der Waals surface area contributed by atoms with Crippen LogP contribution in [0.1, 0.15) is 36.8 Å². The van der Waals surface area contributed by atoms with Crippen LogP contribution in [0.5, 0.6) is 0 Å². The van der Waals surface area contributed by atoms with Crippen LogP contribution in [0.15, 0.2) is 42.7 Å². The van der Waals surface area contributed by atoms with E-state index in [1.165, 1.54) is 11.1 Å². The van der Waals surface area contributed by atoms with E-state index in [0.29, 0.717) is 12.1 Å². The largest absolute Gasteiger partial charge is 0.378 e. The van der Waals surface area contributed by atoms with E-state index in [4.69, 9.17) is 4.74 Å². The lowest BCUT2D eigenvalue weighted by atomic mass is 9.93. The minimum absolute atomic E-state index is 0.385. The average molecular weight is 350 g/mol. The first kappa shape index (κ1) is 17.0. The topological polar surface area (TPSA) is 62.8 Å². The Morgan fingerprint density at radius 1 is 1.19 bits per heavy atom. The summed E-state index contributed by atoms with van der Waals surface area (Å²) in [4.78, 5) is 4.48. The van der Waals surface area contributed by atoms with Crippen LogP contribution in [0.2, 0.25) is 0 Å². The molecule has 5 nitrogen and oxygen atoms in total.